The summed E-state index contributed by atoms with van der Waals surface area (Å²) in [5.41, 5.74) is 3.73. The Morgan fingerprint density at radius 2 is 1.74 bits per heavy atom. The number of ether oxygens (including phenoxy) is 1. The van der Waals surface area contributed by atoms with Gasteiger partial charge in [0.15, 0.2) is 0 Å². The topological polar surface area (TPSA) is 108 Å². The number of carboxylic acid groups (broad SMARTS) is 1. The Bertz CT molecular complexity index is 1140. The fourth-order valence-corrected chi connectivity index (χ4v) is 3.04. The maximum absolute atomic E-state index is 12.0. The van der Waals surface area contributed by atoms with E-state index in [0.29, 0.717) is 11.3 Å². The van der Waals surface area contributed by atoms with Crippen LogP contribution in [0.4, 0.5) is 0 Å². The molecule has 3 rings (SSSR count). The number of aliphatic carboxylic acids is 1. The zero-order chi connectivity index (χ0) is 22.2. The lowest BCUT2D eigenvalue weighted by atomic mass is 10.0. The van der Waals surface area contributed by atoms with Gasteiger partial charge in [0, 0.05) is 36.3 Å². The molecule has 0 spiro atoms. The number of hydrogen-bond acceptors (Lipinski definition) is 6. The van der Waals surface area contributed by atoms with Crippen LogP contribution in [0.2, 0.25) is 0 Å². The molecule has 0 unspecified atom stereocenters. The molecule has 31 heavy (non-hydrogen) atoms. The van der Waals surface area contributed by atoms with E-state index >= 15 is 0 Å². The van der Waals surface area contributed by atoms with Gasteiger partial charge < -0.3 is 14.6 Å². The number of aromatic nitrogens is 2. The summed E-state index contributed by atoms with van der Waals surface area (Å²) in [5.74, 6) is -1.91. The zero-order valence-corrected chi connectivity index (χ0v) is 16.9. The van der Waals surface area contributed by atoms with Crippen LogP contribution >= 0.6 is 0 Å². The number of carboxylic acids is 1. The summed E-state index contributed by atoms with van der Waals surface area (Å²) in [7, 11) is 0. The number of nitrogens with zero attached hydrogens (tertiary/aromatic N) is 3. The van der Waals surface area contributed by atoms with E-state index in [9.17, 15) is 20.0 Å². The molecule has 0 N–H and O–H groups in total. The molecule has 0 bridgehead atoms. The average Bonchev–Trinajstić information content (AvgIpc) is 3.19. The highest BCUT2D eigenvalue weighted by atomic mass is 16.5. The van der Waals surface area contributed by atoms with Gasteiger partial charge in [0.1, 0.15) is 11.6 Å². The van der Waals surface area contributed by atoms with Crippen molar-refractivity contribution in [3.8, 4) is 28.5 Å². The number of carbonyl (C=O) groups excluding carboxylic acids is 2. The lowest BCUT2D eigenvalue weighted by Crippen LogP contribution is -2.23. The minimum absolute atomic E-state index is 0.104. The summed E-state index contributed by atoms with van der Waals surface area (Å²) in [5, 5.41) is 24.6. The Hall–Kier alpha value is -4.18. The van der Waals surface area contributed by atoms with Crippen LogP contribution in [-0.4, -0.2) is 28.3 Å². The second kappa shape index (κ2) is 10.0. The molecule has 0 atom stereocenters. The van der Waals surface area contributed by atoms with Crippen LogP contribution in [0.1, 0.15) is 18.9 Å². The summed E-state index contributed by atoms with van der Waals surface area (Å²) in [6, 6.07) is 19.4. The van der Waals surface area contributed by atoms with Crippen molar-refractivity contribution in [2.75, 3.05) is 6.61 Å². The number of hydrogen-bond donors (Lipinski definition) is 0. The second-order valence-corrected chi connectivity index (χ2v) is 6.65. The number of rotatable bonds is 8. The van der Waals surface area contributed by atoms with E-state index in [0.717, 1.165) is 16.7 Å². The van der Waals surface area contributed by atoms with Gasteiger partial charge in [-0.15, -0.1) is 0 Å². The number of benzene rings is 2. The molecule has 1 aromatic heterocycles. The fourth-order valence-electron chi connectivity index (χ4n) is 3.04. The first-order valence-electron chi connectivity index (χ1n) is 9.74. The molecule has 0 fully saturated rings. The maximum atomic E-state index is 12.0. The number of nitriles is 1. The highest BCUT2D eigenvalue weighted by Gasteiger charge is 2.15. The molecule has 7 nitrogen and oxygen atoms in total. The molecular weight excluding hydrogens is 394 g/mol. The molecule has 7 heteroatoms. The number of esters is 1. The summed E-state index contributed by atoms with van der Waals surface area (Å²) < 4.78 is 6.38. The molecule has 2 aromatic carbocycles. The Morgan fingerprint density at radius 1 is 1.10 bits per heavy atom. The van der Waals surface area contributed by atoms with Crippen molar-refractivity contribution in [3.63, 3.8) is 0 Å². The summed E-state index contributed by atoms with van der Waals surface area (Å²) in [6.07, 6.45) is 2.79. The third kappa shape index (κ3) is 5.46. The molecule has 1 heterocycles. The lowest BCUT2D eigenvalue weighted by molar-refractivity contribution is -0.306. The van der Waals surface area contributed by atoms with Gasteiger partial charge in [0.25, 0.3) is 0 Å². The summed E-state index contributed by atoms with van der Waals surface area (Å²) in [6.45, 7) is 1.91. The molecule has 0 saturated heterocycles. The van der Waals surface area contributed by atoms with Gasteiger partial charge in [0.05, 0.1) is 12.3 Å². The number of carbonyl (C=O) groups is 2. The fraction of sp³-hybridized carbons (Fsp3) is 0.167. The van der Waals surface area contributed by atoms with Crippen LogP contribution in [0.15, 0.2) is 66.4 Å². The predicted octanol–water partition coefficient (Wildman–Crippen LogP) is 2.83. The normalized spacial score (nSPS) is 11.0. The largest absolute Gasteiger partial charge is 0.550 e. The van der Waals surface area contributed by atoms with Crippen LogP contribution in [-0.2, 0) is 20.9 Å². The molecule has 0 aliphatic carbocycles. The van der Waals surface area contributed by atoms with Gasteiger partial charge in [0.2, 0.25) is 0 Å². The first-order chi connectivity index (χ1) is 15.0. The lowest BCUT2D eigenvalue weighted by Gasteiger charge is -2.05. The molecule has 0 radical (unpaired) electrons. The van der Waals surface area contributed by atoms with Crippen molar-refractivity contribution in [3.05, 3.63) is 71.9 Å². The first-order valence-corrected chi connectivity index (χ1v) is 9.74. The van der Waals surface area contributed by atoms with Crippen LogP contribution in [0.3, 0.4) is 0 Å². The van der Waals surface area contributed by atoms with Gasteiger partial charge in [-0.2, -0.15) is 10.4 Å². The van der Waals surface area contributed by atoms with Gasteiger partial charge >= 0.3 is 5.97 Å². The third-order valence-corrected chi connectivity index (χ3v) is 4.52. The van der Waals surface area contributed by atoms with Gasteiger partial charge in [-0.3, -0.25) is 4.68 Å². The Labute approximate surface area is 179 Å². The van der Waals surface area contributed by atoms with Crippen molar-refractivity contribution in [1.82, 2.24) is 9.78 Å². The Morgan fingerprint density at radius 3 is 2.35 bits per heavy atom. The highest BCUT2D eigenvalue weighted by Crippen LogP contribution is 2.27. The number of aryl methyl sites for hydroxylation is 1. The first kappa shape index (κ1) is 21.5. The molecule has 0 amide bonds. The van der Waals surface area contributed by atoms with Crippen molar-refractivity contribution < 1.29 is 19.4 Å². The van der Waals surface area contributed by atoms with E-state index in [4.69, 9.17) is 4.74 Å². The van der Waals surface area contributed by atoms with Gasteiger partial charge in [-0.05, 0) is 24.1 Å². The molecule has 3 aromatic rings. The second-order valence-electron chi connectivity index (χ2n) is 6.65. The maximum Gasteiger partial charge on any atom is 0.348 e. The molecule has 156 valence electrons. The van der Waals surface area contributed by atoms with E-state index in [2.05, 4.69) is 5.10 Å². The van der Waals surface area contributed by atoms with Crippen molar-refractivity contribution in [1.29, 1.82) is 5.26 Å². The van der Waals surface area contributed by atoms with E-state index in [-0.39, 0.29) is 25.1 Å². The van der Waals surface area contributed by atoms with E-state index in [1.165, 1.54) is 10.8 Å². The Balaban J connectivity index is 2.00. The molecular formula is C24H20N3O4-. The molecule has 0 saturated carbocycles. The quantitative estimate of drug-likeness (QED) is 0.319. The van der Waals surface area contributed by atoms with Crippen LogP contribution in [0.5, 0.6) is 0 Å². The van der Waals surface area contributed by atoms with Gasteiger partial charge in [-0.25, -0.2) is 4.79 Å². The molecule has 0 aliphatic heterocycles. The smallest absolute Gasteiger partial charge is 0.348 e. The van der Waals surface area contributed by atoms with Crippen LogP contribution in [0.25, 0.3) is 28.5 Å². The highest BCUT2D eigenvalue weighted by molar-refractivity contribution is 5.98. The molecule has 0 aliphatic rings. The van der Waals surface area contributed by atoms with Crippen molar-refractivity contribution in [2.45, 2.75) is 19.9 Å². The Kier molecular flexibility index (Phi) is 6.97. The van der Waals surface area contributed by atoms with E-state index < -0.39 is 11.9 Å². The average molecular weight is 414 g/mol. The zero-order valence-electron chi connectivity index (χ0n) is 16.9. The van der Waals surface area contributed by atoms with Gasteiger partial charge in [-0.1, -0.05) is 54.6 Å². The van der Waals surface area contributed by atoms with Crippen LogP contribution < -0.4 is 5.11 Å². The predicted molar refractivity (Wildman–Crippen MR) is 113 cm³/mol. The van der Waals surface area contributed by atoms with E-state index in [1.54, 1.807) is 13.1 Å². The summed E-state index contributed by atoms with van der Waals surface area (Å²) in [4.78, 5) is 22.8. The standard InChI is InChI=1S/C24H21N3O4/c1-2-31-24(30)20(15-25)14-21-16-27(13-12-22(28)29)26-23(21)19-10-8-18(9-11-19)17-6-4-3-5-7-17/h3-11,14,16H,2,12-13H2,1H3,(H,28,29)/p-1. The minimum atomic E-state index is -1.19. The SMILES string of the molecule is CCOC(=O)C(C#N)=Cc1cn(CCC(=O)[O-])nc1-c1ccc(-c2ccccc2)cc1. The third-order valence-electron chi connectivity index (χ3n) is 4.52. The monoisotopic (exact) mass is 414 g/mol. The minimum Gasteiger partial charge on any atom is -0.550 e. The van der Waals surface area contributed by atoms with Crippen molar-refractivity contribution in [2.24, 2.45) is 0 Å². The van der Waals surface area contributed by atoms with Crippen LogP contribution in [0, 0.1) is 11.3 Å². The summed E-state index contributed by atoms with van der Waals surface area (Å²) >= 11 is 0. The van der Waals surface area contributed by atoms with Crippen molar-refractivity contribution >= 4 is 18.0 Å². The van der Waals surface area contributed by atoms with E-state index in [1.807, 2.05) is 60.7 Å².